The number of anilines is 1. The number of nitrogens with zero attached hydrogens (tertiary/aromatic N) is 3. The van der Waals surface area contributed by atoms with Gasteiger partial charge in [-0.1, -0.05) is 0 Å². The third-order valence-corrected chi connectivity index (χ3v) is 7.52. The van der Waals surface area contributed by atoms with Gasteiger partial charge in [0.05, 0.1) is 35.1 Å². The lowest BCUT2D eigenvalue weighted by atomic mass is 10.00. The average Bonchev–Trinajstić information content (AvgIpc) is 2.87. The van der Waals surface area contributed by atoms with Crippen molar-refractivity contribution in [3.63, 3.8) is 0 Å². The molecule has 0 unspecified atom stereocenters. The highest BCUT2D eigenvalue weighted by atomic mass is 32.2. The van der Waals surface area contributed by atoms with Crippen molar-refractivity contribution >= 4 is 34.4 Å². The van der Waals surface area contributed by atoms with Crippen LogP contribution in [0, 0.1) is 0 Å². The number of nitrogens with one attached hydrogen (secondary N) is 2. The number of methoxy groups -OCH3 is 1. The number of carbonyl (C=O) groups is 1. The summed E-state index contributed by atoms with van der Waals surface area (Å²) in [5.74, 6) is 1.61. The summed E-state index contributed by atoms with van der Waals surface area (Å²) in [6.45, 7) is 1.68. The second-order valence-electron chi connectivity index (χ2n) is 8.84. The molecule has 0 spiro atoms. The van der Waals surface area contributed by atoms with Crippen LogP contribution in [0.3, 0.4) is 0 Å². The van der Waals surface area contributed by atoms with Crippen LogP contribution in [0.15, 0.2) is 47.5 Å². The molecule has 2 aliphatic rings. The van der Waals surface area contributed by atoms with E-state index in [-0.39, 0.29) is 18.5 Å². The van der Waals surface area contributed by atoms with E-state index in [1.54, 1.807) is 19.4 Å². The fourth-order valence-corrected chi connectivity index (χ4v) is 5.37. The first-order valence-electron chi connectivity index (χ1n) is 11.6. The molecule has 1 amide bonds. The van der Waals surface area contributed by atoms with E-state index in [9.17, 15) is 9.90 Å². The van der Waals surface area contributed by atoms with Crippen molar-refractivity contribution in [1.29, 1.82) is 0 Å². The normalized spacial score (nSPS) is 21.4. The van der Waals surface area contributed by atoms with Gasteiger partial charge in [0.1, 0.15) is 17.7 Å². The minimum absolute atomic E-state index is 0.0580. The number of benzene rings is 1. The number of aliphatic hydroxyl groups excluding tert-OH is 1. The van der Waals surface area contributed by atoms with E-state index in [1.165, 1.54) is 11.8 Å². The highest BCUT2D eigenvalue weighted by Crippen LogP contribution is 2.30. The predicted molar refractivity (Wildman–Crippen MR) is 133 cm³/mol. The summed E-state index contributed by atoms with van der Waals surface area (Å²) in [6, 6.07) is 10.9. The molecule has 4 heterocycles. The molecular formula is C25H28FN5O3S. The molecule has 5 rings (SSSR count). The maximum Gasteiger partial charge on any atom is 0.235 e. The third kappa shape index (κ3) is 5.40. The van der Waals surface area contributed by atoms with Gasteiger partial charge < -0.3 is 20.5 Å². The van der Waals surface area contributed by atoms with E-state index in [1.807, 2.05) is 35.2 Å². The van der Waals surface area contributed by atoms with Crippen LogP contribution in [0.25, 0.3) is 10.9 Å². The Morgan fingerprint density at radius 2 is 2.23 bits per heavy atom. The molecule has 3 atom stereocenters. The SMILES string of the molecule is COc1ccc2nccc([C@@H](O)CN3CC[C@@H](NCc4ccc5c(n4)NC(=O)CS5)[C@H](F)C3)c2c1. The molecule has 8 nitrogen and oxygen atoms in total. The highest BCUT2D eigenvalue weighted by molar-refractivity contribution is 8.00. The van der Waals surface area contributed by atoms with Crippen LogP contribution in [-0.4, -0.2) is 70.6 Å². The summed E-state index contributed by atoms with van der Waals surface area (Å²) in [6.07, 6.45) is 0.464. The van der Waals surface area contributed by atoms with Crippen molar-refractivity contribution in [3.05, 3.63) is 53.9 Å². The number of fused-ring (bicyclic) bond motifs is 2. The van der Waals surface area contributed by atoms with Gasteiger partial charge in [0, 0.05) is 37.3 Å². The number of hydrogen-bond donors (Lipinski definition) is 3. The Balaban J connectivity index is 1.17. The van der Waals surface area contributed by atoms with Gasteiger partial charge in [0.2, 0.25) is 5.91 Å². The van der Waals surface area contributed by atoms with Gasteiger partial charge in [0.25, 0.3) is 0 Å². The number of aromatic nitrogens is 2. The summed E-state index contributed by atoms with van der Waals surface area (Å²) in [4.78, 5) is 23.4. The van der Waals surface area contributed by atoms with Crippen molar-refractivity contribution in [2.75, 3.05) is 37.8 Å². The summed E-state index contributed by atoms with van der Waals surface area (Å²) < 4.78 is 20.4. The van der Waals surface area contributed by atoms with Gasteiger partial charge in [-0.3, -0.25) is 14.7 Å². The van der Waals surface area contributed by atoms with Crippen LogP contribution >= 0.6 is 11.8 Å². The number of ether oxygens (including phenoxy) is 1. The fraction of sp³-hybridized carbons (Fsp3) is 0.400. The molecule has 0 bridgehead atoms. The standard InChI is InChI=1S/C25H28FN5O3S/c1-34-16-3-4-20-18(10-16)17(6-8-27-20)22(32)13-31-9-7-21(19(26)12-31)28-11-15-2-5-23-25(29-15)30-24(33)14-35-23/h2-6,8,10,19,21-22,28,32H,7,9,11-14H2,1H3,(H,29,30,33)/t19-,21-,22+/m1/s1. The number of piperidine rings is 1. The summed E-state index contributed by atoms with van der Waals surface area (Å²) in [5.41, 5.74) is 2.30. The van der Waals surface area contributed by atoms with Crippen LogP contribution in [0.5, 0.6) is 5.75 Å². The lowest BCUT2D eigenvalue weighted by molar-refractivity contribution is -0.113. The summed E-state index contributed by atoms with van der Waals surface area (Å²) in [5, 5.41) is 17.9. The Morgan fingerprint density at radius 1 is 1.34 bits per heavy atom. The first kappa shape index (κ1) is 23.9. The van der Waals surface area contributed by atoms with E-state index in [0.29, 0.717) is 43.4 Å². The van der Waals surface area contributed by atoms with E-state index >= 15 is 4.39 Å². The number of β-amino-alcohol motifs (C(OH)–C–C–N with tert-alkyl or cyclic N) is 1. The Bertz CT molecular complexity index is 1230. The summed E-state index contributed by atoms with van der Waals surface area (Å²) in [7, 11) is 1.60. The number of likely N-dealkylation sites (tertiary alicyclic amines) is 1. The Hall–Kier alpha value is -2.79. The number of thioether (sulfide) groups is 1. The summed E-state index contributed by atoms with van der Waals surface area (Å²) >= 11 is 1.47. The predicted octanol–water partition coefficient (Wildman–Crippen LogP) is 2.92. The topological polar surface area (TPSA) is 99.6 Å². The van der Waals surface area contributed by atoms with Crippen molar-refractivity contribution in [1.82, 2.24) is 20.2 Å². The van der Waals surface area contributed by atoms with Crippen molar-refractivity contribution in [2.24, 2.45) is 0 Å². The van der Waals surface area contributed by atoms with E-state index < -0.39 is 12.3 Å². The largest absolute Gasteiger partial charge is 0.497 e. The number of carbonyl (C=O) groups excluding carboxylic acids is 1. The molecule has 2 aliphatic heterocycles. The van der Waals surface area contributed by atoms with Gasteiger partial charge in [-0.2, -0.15) is 0 Å². The average molecular weight is 498 g/mol. The molecule has 0 radical (unpaired) electrons. The molecule has 10 heteroatoms. The Kier molecular flexibility index (Phi) is 7.14. The molecule has 184 valence electrons. The molecular weight excluding hydrogens is 469 g/mol. The number of halogens is 1. The quantitative estimate of drug-likeness (QED) is 0.458. The van der Waals surface area contributed by atoms with E-state index in [4.69, 9.17) is 4.74 Å². The van der Waals surface area contributed by atoms with Gasteiger partial charge in [-0.05, 0) is 54.9 Å². The minimum Gasteiger partial charge on any atom is -0.497 e. The van der Waals surface area contributed by atoms with E-state index in [0.717, 1.165) is 27.1 Å². The molecule has 3 aromatic rings. The zero-order chi connectivity index (χ0) is 24.4. The number of hydrogen-bond acceptors (Lipinski definition) is 8. The zero-order valence-electron chi connectivity index (χ0n) is 19.4. The van der Waals surface area contributed by atoms with Gasteiger partial charge >= 0.3 is 0 Å². The van der Waals surface area contributed by atoms with Crippen molar-refractivity contribution in [3.8, 4) is 5.75 Å². The molecule has 1 aromatic carbocycles. The fourth-order valence-electron chi connectivity index (χ4n) is 4.61. The van der Waals surface area contributed by atoms with Crippen molar-refractivity contribution < 1.29 is 19.0 Å². The van der Waals surface area contributed by atoms with Crippen LogP contribution in [0.4, 0.5) is 10.2 Å². The first-order valence-corrected chi connectivity index (χ1v) is 12.6. The lowest BCUT2D eigenvalue weighted by Gasteiger charge is -2.36. The van der Waals surface area contributed by atoms with Crippen molar-refractivity contribution in [2.45, 2.75) is 36.2 Å². The van der Waals surface area contributed by atoms with Gasteiger partial charge in [-0.25, -0.2) is 9.37 Å². The Labute approximate surface area is 207 Å². The minimum atomic E-state index is -1.07. The zero-order valence-corrected chi connectivity index (χ0v) is 20.2. The maximum absolute atomic E-state index is 15.0. The molecule has 1 saturated heterocycles. The maximum atomic E-state index is 15.0. The second-order valence-corrected chi connectivity index (χ2v) is 9.85. The molecule has 35 heavy (non-hydrogen) atoms. The number of alkyl halides is 1. The number of rotatable bonds is 7. The molecule has 0 aliphatic carbocycles. The van der Waals surface area contributed by atoms with Crippen LogP contribution in [-0.2, 0) is 11.3 Å². The highest BCUT2D eigenvalue weighted by Gasteiger charge is 2.30. The van der Waals surface area contributed by atoms with E-state index in [2.05, 4.69) is 20.6 Å². The van der Waals surface area contributed by atoms with Gasteiger partial charge in [-0.15, -0.1) is 11.8 Å². The van der Waals surface area contributed by atoms with Gasteiger partial charge in [0.15, 0.2) is 0 Å². The monoisotopic (exact) mass is 497 g/mol. The van der Waals surface area contributed by atoms with Crippen LogP contribution in [0.2, 0.25) is 0 Å². The lowest BCUT2D eigenvalue weighted by Crippen LogP contribution is -2.51. The number of pyridine rings is 2. The molecule has 3 N–H and O–H groups in total. The smallest absolute Gasteiger partial charge is 0.235 e. The number of aliphatic hydroxyl groups is 1. The molecule has 2 aromatic heterocycles. The first-order chi connectivity index (χ1) is 17.0. The van der Waals surface area contributed by atoms with Crippen LogP contribution in [0.1, 0.15) is 23.8 Å². The van der Waals surface area contributed by atoms with Crippen LogP contribution < -0.4 is 15.4 Å². The Morgan fingerprint density at radius 3 is 3.06 bits per heavy atom. The number of amides is 1. The molecule has 1 fully saturated rings. The third-order valence-electron chi connectivity index (χ3n) is 6.48. The molecule has 0 saturated carbocycles. The second kappa shape index (κ2) is 10.4.